The molecule has 0 saturated heterocycles. The van der Waals surface area contributed by atoms with E-state index in [2.05, 4.69) is 5.32 Å². The maximum absolute atomic E-state index is 12.6. The Morgan fingerprint density at radius 1 is 1.07 bits per heavy atom. The van der Waals surface area contributed by atoms with Gasteiger partial charge in [0, 0.05) is 35.2 Å². The summed E-state index contributed by atoms with van der Waals surface area (Å²) in [5, 5.41) is 3.71. The minimum atomic E-state index is -0.224. The van der Waals surface area contributed by atoms with Gasteiger partial charge in [-0.05, 0) is 18.2 Å². The van der Waals surface area contributed by atoms with Crippen LogP contribution in [0.3, 0.4) is 0 Å². The number of aromatic nitrogens is 1. The van der Waals surface area contributed by atoms with E-state index in [0.717, 1.165) is 10.9 Å². The fourth-order valence-corrected chi connectivity index (χ4v) is 3.05. The van der Waals surface area contributed by atoms with E-state index in [1.807, 2.05) is 31.2 Å². The molecule has 0 aliphatic heterocycles. The number of anilines is 1. The van der Waals surface area contributed by atoms with Crippen molar-refractivity contribution in [2.24, 2.45) is 0 Å². The molecule has 0 unspecified atom stereocenters. The van der Waals surface area contributed by atoms with Crippen LogP contribution < -0.4 is 14.8 Å². The van der Waals surface area contributed by atoms with Crippen LogP contribution in [0.5, 0.6) is 11.5 Å². The molecule has 3 rings (SSSR count). The van der Waals surface area contributed by atoms with E-state index in [9.17, 15) is 9.59 Å². The molecule has 1 amide bonds. The molecule has 3 aromatic rings. The summed E-state index contributed by atoms with van der Waals surface area (Å²) in [6, 6.07) is 12.8. The number of rotatable bonds is 7. The second-order valence-electron chi connectivity index (χ2n) is 6.08. The molecule has 0 spiro atoms. The zero-order chi connectivity index (χ0) is 19.4. The van der Waals surface area contributed by atoms with Gasteiger partial charge in [0.25, 0.3) is 0 Å². The van der Waals surface area contributed by atoms with Crippen molar-refractivity contribution in [1.29, 1.82) is 0 Å². The number of nitrogens with one attached hydrogen (secondary N) is 1. The van der Waals surface area contributed by atoms with E-state index < -0.39 is 0 Å². The summed E-state index contributed by atoms with van der Waals surface area (Å²) in [6.07, 6.45) is 2.17. The highest BCUT2D eigenvalue weighted by Gasteiger charge is 2.16. The summed E-state index contributed by atoms with van der Waals surface area (Å²) in [5.74, 6) is 0.995. The molecular weight excluding hydrogens is 344 g/mol. The number of fused-ring (bicyclic) bond motifs is 1. The predicted molar refractivity (Wildman–Crippen MR) is 105 cm³/mol. The minimum absolute atomic E-state index is 0.0554. The fraction of sp³-hybridized carbons (Fsp3) is 0.238. The maximum atomic E-state index is 12.6. The highest BCUT2D eigenvalue weighted by Crippen LogP contribution is 2.29. The third-order valence-electron chi connectivity index (χ3n) is 4.40. The molecule has 0 fully saturated rings. The van der Waals surface area contributed by atoms with Gasteiger partial charge in [-0.3, -0.25) is 9.59 Å². The van der Waals surface area contributed by atoms with Crippen LogP contribution in [-0.2, 0) is 11.3 Å². The average Bonchev–Trinajstić information content (AvgIpc) is 3.05. The van der Waals surface area contributed by atoms with E-state index in [4.69, 9.17) is 9.47 Å². The maximum Gasteiger partial charge on any atom is 0.244 e. The topological polar surface area (TPSA) is 69.6 Å². The number of hydrogen-bond donors (Lipinski definition) is 1. The van der Waals surface area contributed by atoms with Crippen molar-refractivity contribution in [2.75, 3.05) is 19.5 Å². The number of para-hydroxylation sites is 1. The molecule has 0 saturated carbocycles. The van der Waals surface area contributed by atoms with Crippen LogP contribution in [0.1, 0.15) is 23.7 Å². The average molecular weight is 366 g/mol. The number of benzene rings is 2. The van der Waals surface area contributed by atoms with Gasteiger partial charge in [-0.2, -0.15) is 0 Å². The van der Waals surface area contributed by atoms with Crippen molar-refractivity contribution in [3.05, 3.63) is 54.2 Å². The Bertz CT molecular complexity index is 991. The summed E-state index contributed by atoms with van der Waals surface area (Å²) in [4.78, 5) is 24.9. The molecule has 0 bridgehead atoms. The molecule has 0 aliphatic rings. The van der Waals surface area contributed by atoms with Gasteiger partial charge in [0.1, 0.15) is 18.0 Å². The minimum Gasteiger partial charge on any atom is -0.497 e. The first kappa shape index (κ1) is 18.5. The van der Waals surface area contributed by atoms with Crippen molar-refractivity contribution in [2.45, 2.75) is 19.9 Å². The molecule has 0 radical (unpaired) electrons. The number of ether oxygens (including phenoxy) is 2. The van der Waals surface area contributed by atoms with Gasteiger partial charge < -0.3 is 19.4 Å². The number of nitrogens with zero attached hydrogens (tertiary/aromatic N) is 1. The molecule has 6 heteroatoms. The summed E-state index contributed by atoms with van der Waals surface area (Å²) in [6.45, 7) is 1.91. The summed E-state index contributed by atoms with van der Waals surface area (Å²) >= 11 is 0. The van der Waals surface area contributed by atoms with E-state index in [1.54, 1.807) is 43.2 Å². The summed E-state index contributed by atoms with van der Waals surface area (Å²) < 4.78 is 12.3. The Morgan fingerprint density at radius 2 is 1.85 bits per heavy atom. The largest absolute Gasteiger partial charge is 0.497 e. The summed E-state index contributed by atoms with van der Waals surface area (Å²) in [5.41, 5.74) is 2.02. The third-order valence-corrected chi connectivity index (χ3v) is 4.40. The van der Waals surface area contributed by atoms with Crippen LogP contribution in [0.25, 0.3) is 10.9 Å². The number of carbonyl (C=O) groups is 2. The third kappa shape index (κ3) is 3.79. The molecule has 1 heterocycles. The van der Waals surface area contributed by atoms with Gasteiger partial charge in [0.2, 0.25) is 5.91 Å². The first-order chi connectivity index (χ1) is 13.1. The number of ketones is 1. The van der Waals surface area contributed by atoms with E-state index in [1.165, 1.54) is 0 Å². The number of carbonyl (C=O) groups excluding carboxylic acids is 2. The molecule has 140 valence electrons. The lowest BCUT2D eigenvalue weighted by atomic mass is 10.1. The fourth-order valence-electron chi connectivity index (χ4n) is 3.05. The van der Waals surface area contributed by atoms with E-state index in [-0.39, 0.29) is 18.2 Å². The monoisotopic (exact) mass is 366 g/mol. The molecule has 1 aromatic heterocycles. The Hall–Kier alpha value is -3.28. The zero-order valence-electron chi connectivity index (χ0n) is 15.6. The molecule has 1 N–H and O–H groups in total. The first-order valence-electron chi connectivity index (χ1n) is 8.70. The number of amides is 1. The second kappa shape index (κ2) is 7.95. The van der Waals surface area contributed by atoms with Gasteiger partial charge in [-0.15, -0.1) is 0 Å². The second-order valence-corrected chi connectivity index (χ2v) is 6.08. The predicted octanol–water partition coefficient (Wildman–Crippen LogP) is 3.89. The Kier molecular flexibility index (Phi) is 5.45. The van der Waals surface area contributed by atoms with E-state index >= 15 is 0 Å². The van der Waals surface area contributed by atoms with Gasteiger partial charge in [-0.25, -0.2) is 0 Å². The molecule has 0 aliphatic carbocycles. The molecule has 2 aromatic carbocycles. The van der Waals surface area contributed by atoms with Crippen molar-refractivity contribution < 1.29 is 19.1 Å². The van der Waals surface area contributed by atoms with Crippen molar-refractivity contribution >= 4 is 28.3 Å². The van der Waals surface area contributed by atoms with Gasteiger partial charge in [0.15, 0.2) is 5.78 Å². The Labute approximate surface area is 157 Å². The van der Waals surface area contributed by atoms with Crippen LogP contribution in [0.2, 0.25) is 0 Å². The first-order valence-corrected chi connectivity index (χ1v) is 8.70. The lowest BCUT2D eigenvalue weighted by Crippen LogP contribution is -2.18. The summed E-state index contributed by atoms with van der Waals surface area (Å²) in [7, 11) is 3.10. The smallest absolute Gasteiger partial charge is 0.244 e. The van der Waals surface area contributed by atoms with Crippen molar-refractivity contribution in [3.8, 4) is 11.5 Å². The van der Waals surface area contributed by atoms with Gasteiger partial charge in [0.05, 0.1) is 19.9 Å². The molecule has 6 nitrogen and oxygen atoms in total. The van der Waals surface area contributed by atoms with Crippen molar-refractivity contribution in [3.63, 3.8) is 0 Å². The highest BCUT2D eigenvalue weighted by molar-refractivity contribution is 6.08. The van der Waals surface area contributed by atoms with Crippen LogP contribution in [-0.4, -0.2) is 30.5 Å². The van der Waals surface area contributed by atoms with E-state index in [0.29, 0.717) is 29.2 Å². The van der Waals surface area contributed by atoms with Gasteiger partial charge >= 0.3 is 0 Å². The molecule has 0 atom stereocenters. The molecule has 27 heavy (non-hydrogen) atoms. The number of methoxy groups -OCH3 is 2. The Balaban J connectivity index is 1.88. The lowest BCUT2D eigenvalue weighted by molar-refractivity contribution is -0.116. The Morgan fingerprint density at radius 3 is 2.56 bits per heavy atom. The zero-order valence-corrected chi connectivity index (χ0v) is 15.6. The number of Topliss-reactive ketones (excluding diaryl/α,β-unsaturated/α-hetero) is 1. The van der Waals surface area contributed by atoms with Crippen LogP contribution >= 0.6 is 0 Å². The van der Waals surface area contributed by atoms with Crippen LogP contribution in [0.15, 0.2) is 48.7 Å². The van der Waals surface area contributed by atoms with Crippen molar-refractivity contribution in [1.82, 2.24) is 4.57 Å². The highest BCUT2D eigenvalue weighted by atomic mass is 16.5. The normalized spacial score (nSPS) is 10.6. The lowest BCUT2D eigenvalue weighted by Gasteiger charge is -2.12. The quantitative estimate of drug-likeness (QED) is 0.644. The van der Waals surface area contributed by atoms with Gasteiger partial charge in [-0.1, -0.05) is 25.1 Å². The number of hydrogen-bond acceptors (Lipinski definition) is 4. The molecular formula is C21H22N2O4. The standard InChI is InChI=1S/C21H22N2O4/c1-4-19(24)16-12-23(18-8-6-5-7-15(16)18)13-21(25)22-17-11-14(26-2)9-10-20(17)27-3/h5-12H,4,13H2,1-3H3,(H,22,25). The van der Waals surface area contributed by atoms with Crippen LogP contribution in [0, 0.1) is 0 Å². The van der Waals surface area contributed by atoms with Crippen LogP contribution in [0.4, 0.5) is 5.69 Å². The SMILES string of the molecule is CCC(=O)c1cn(CC(=O)Nc2cc(OC)ccc2OC)c2ccccc12.